The van der Waals surface area contributed by atoms with E-state index in [0.29, 0.717) is 17.9 Å². The number of nitrogens with zero attached hydrogens (tertiary/aromatic N) is 1. The lowest BCUT2D eigenvalue weighted by molar-refractivity contribution is -0.129. The van der Waals surface area contributed by atoms with E-state index in [4.69, 9.17) is 4.74 Å². The molecule has 0 spiro atoms. The molecule has 1 N–H and O–H groups in total. The third-order valence-electron chi connectivity index (χ3n) is 3.66. The van der Waals surface area contributed by atoms with Gasteiger partial charge in [0.05, 0.1) is 5.69 Å². The number of hydrogen-bond donors (Lipinski definition) is 1. The highest BCUT2D eigenvalue weighted by Gasteiger charge is 2.34. The lowest BCUT2D eigenvalue weighted by Gasteiger charge is -2.33. The molecule has 0 saturated heterocycles. The van der Waals surface area contributed by atoms with Crippen LogP contribution in [0.2, 0.25) is 0 Å². The van der Waals surface area contributed by atoms with Gasteiger partial charge in [0.25, 0.3) is 5.91 Å². The molecule has 2 amide bonds. The van der Waals surface area contributed by atoms with E-state index in [1.165, 1.54) is 4.90 Å². The highest BCUT2D eigenvalue weighted by atomic mass is 16.5. The lowest BCUT2D eigenvalue weighted by atomic mass is 10.1. The van der Waals surface area contributed by atoms with E-state index < -0.39 is 6.10 Å². The van der Waals surface area contributed by atoms with Gasteiger partial charge in [-0.1, -0.05) is 26.0 Å². The molecule has 21 heavy (non-hydrogen) atoms. The number of fused-ring (bicyclic) bond motifs is 1. The van der Waals surface area contributed by atoms with Crippen molar-refractivity contribution in [3.63, 3.8) is 0 Å². The van der Waals surface area contributed by atoms with Crippen LogP contribution in [0.15, 0.2) is 24.3 Å². The van der Waals surface area contributed by atoms with Gasteiger partial charge in [0, 0.05) is 6.04 Å². The van der Waals surface area contributed by atoms with E-state index >= 15 is 0 Å². The van der Waals surface area contributed by atoms with E-state index in [-0.39, 0.29) is 24.4 Å². The van der Waals surface area contributed by atoms with Crippen molar-refractivity contribution in [3.8, 4) is 5.75 Å². The van der Waals surface area contributed by atoms with Gasteiger partial charge >= 0.3 is 0 Å². The number of nitrogens with one attached hydrogen (secondary N) is 1. The van der Waals surface area contributed by atoms with Gasteiger partial charge in [-0.3, -0.25) is 14.5 Å². The number of carbonyl (C=O) groups is 2. The Morgan fingerprint density at radius 1 is 1.38 bits per heavy atom. The summed E-state index contributed by atoms with van der Waals surface area (Å²) >= 11 is 0. The second-order valence-corrected chi connectivity index (χ2v) is 5.28. The molecule has 0 radical (unpaired) electrons. The van der Waals surface area contributed by atoms with E-state index in [9.17, 15) is 9.59 Å². The summed E-state index contributed by atoms with van der Waals surface area (Å²) in [5.41, 5.74) is 0.659. The SMILES string of the molecule is CC[C@@H]1Oc2ccccc2N(CC(=O)N[C@@H](C)CC)C1=O. The van der Waals surface area contributed by atoms with Crippen LogP contribution < -0.4 is 15.0 Å². The number of ether oxygens (including phenoxy) is 1. The second-order valence-electron chi connectivity index (χ2n) is 5.28. The van der Waals surface area contributed by atoms with Crippen LogP contribution in [0.3, 0.4) is 0 Å². The normalized spacial score (nSPS) is 18.7. The predicted molar refractivity (Wildman–Crippen MR) is 81.4 cm³/mol. The number of hydrogen-bond acceptors (Lipinski definition) is 3. The highest BCUT2D eigenvalue weighted by molar-refractivity contribution is 6.03. The van der Waals surface area contributed by atoms with Crippen LogP contribution in [0.5, 0.6) is 5.75 Å². The molecule has 0 unspecified atom stereocenters. The predicted octanol–water partition coefficient (Wildman–Crippen LogP) is 2.11. The number of rotatable bonds is 5. The van der Waals surface area contributed by atoms with Crippen LogP contribution in [0.25, 0.3) is 0 Å². The highest BCUT2D eigenvalue weighted by Crippen LogP contribution is 2.34. The van der Waals surface area contributed by atoms with Crippen LogP contribution in [0.4, 0.5) is 5.69 Å². The summed E-state index contributed by atoms with van der Waals surface area (Å²) < 4.78 is 5.68. The van der Waals surface area contributed by atoms with Gasteiger partial charge < -0.3 is 10.1 Å². The summed E-state index contributed by atoms with van der Waals surface area (Å²) in [6.07, 6.45) is 0.921. The Labute approximate surface area is 125 Å². The molecule has 2 atom stereocenters. The molecule has 1 aromatic carbocycles. The molecule has 1 aliphatic heterocycles. The Hall–Kier alpha value is -2.04. The minimum Gasteiger partial charge on any atom is -0.478 e. The fourth-order valence-corrected chi connectivity index (χ4v) is 2.26. The van der Waals surface area contributed by atoms with Crippen molar-refractivity contribution < 1.29 is 14.3 Å². The van der Waals surface area contributed by atoms with Crippen molar-refractivity contribution in [1.29, 1.82) is 0 Å². The Bertz CT molecular complexity index is 530. The average molecular weight is 290 g/mol. The summed E-state index contributed by atoms with van der Waals surface area (Å²) in [6, 6.07) is 7.42. The van der Waals surface area contributed by atoms with Gasteiger partial charge in [0.1, 0.15) is 12.3 Å². The monoisotopic (exact) mass is 290 g/mol. The molecule has 1 aromatic rings. The van der Waals surface area contributed by atoms with E-state index in [0.717, 1.165) is 6.42 Å². The van der Waals surface area contributed by atoms with Crippen molar-refractivity contribution in [2.24, 2.45) is 0 Å². The molecule has 0 aliphatic carbocycles. The Kier molecular flexibility index (Phi) is 4.83. The summed E-state index contributed by atoms with van der Waals surface area (Å²) in [7, 11) is 0. The van der Waals surface area contributed by atoms with Crippen molar-refractivity contribution in [3.05, 3.63) is 24.3 Å². The Balaban J connectivity index is 2.20. The maximum absolute atomic E-state index is 12.4. The first-order chi connectivity index (χ1) is 10.1. The third kappa shape index (κ3) is 3.35. The first kappa shape index (κ1) is 15.4. The van der Waals surface area contributed by atoms with E-state index in [2.05, 4.69) is 5.32 Å². The molecule has 114 valence electrons. The molecule has 0 bridgehead atoms. The van der Waals surface area contributed by atoms with Crippen molar-refractivity contribution in [2.45, 2.75) is 45.8 Å². The molecule has 0 aromatic heterocycles. The standard InChI is InChI=1S/C16H22N2O3/c1-4-11(3)17-15(19)10-18-12-8-6-7-9-14(12)21-13(5-2)16(18)20/h6-9,11,13H,4-5,10H2,1-3H3,(H,17,19)/t11-,13-/m0/s1. The van der Waals surface area contributed by atoms with Gasteiger partial charge in [-0.05, 0) is 31.9 Å². The zero-order valence-electron chi connectivity index (χ0n) is 12.8. The van der Waals surface area contributed by atoms with Gasteiger partial charge in [-0.15, -0.1) is 0 Å². The minimum atomic E-state index is -0.517. The number of benzene rings is 1. The Morgan fingerprint density at radius 3 is 2.76 bits per heavy atom. The smallest absolute Gasteiger partial charge is 0.268 e. The zero-order valence-corrected chi connectivity index (χ0v) is 12.8. The molecular formula is C16H22N2O3. The molecule has 0 fully saturated rings. The maximum Gasteiger partial charge on any atom is 0.268 e. The zero-order chi connectivity index (χ0) is 15.4. The summed E-state index contributed by atoms with van der Waals surface area (Å²) in [6.45, 7) is 5.88. The largest absolute Gasteiger partial charge is 0.478 e. The van der Waals surface area contributed by atoms with Crippen LogP contribution in [0.1, 0.15) is 33.6 Å². The topological polar surface area (TPSA) is 58.6 Å². The van der Waals surface area contributed by atoms with Crippen LogP contribution in [0, 0.1) is 0 Å². The molecular weight excluding hydrogens is 268 g/mol. The van der Waals surface area contributed by atoms with Crippen LogP contribution in [-0.2, 0) is 9.59 Å². The van der Waals surface area contributed by atoms with Gasteiger partial charge in [-0.25, -0.2) is 0 Å². The second kappa shape index (κ2) is 6.61. The van der Waals surface area contributed by atoms with Crippen LogP contribution >= 0.6 is 0 Å². The first-order valence-corrected chi connectivity index (χ1v) is 7.43. The number of amides is 2. The van der Waals surface area contributed by atoms with Crippen LogP contribution in [-0.4, -0.2) is 30.5 Å². The van der Waals surface area contributed by atoms with E-state index in [1.807, 2.05) is 39.0 Å². The minimum absolute atomic E-state index is 0.0278. The average Bonchev–Trinajstić information content (AvgIpc) is 2.49. The molecule has 5 heteroatoms. The first-order valence-electron chi connectivity index (χ1n) is 7.43. The maximum atomic E-state index is 12.4. The van der Waals surface area contributed by atoms with Gasteiger partial charge in [0.2, 0.25) is 5.91 Å². The van der Waals surface area contributed by atoms with Gasteiger partial charge in [0.15, 0.2) is 6.10 Å². The van der Waals surface area contributed by atoms with Crippen molar-refractivity contribution >= 4 is 17.5 Å². The van der Waals surface area contributed by atoms with E-state index in [1.54, 1.807) is 6.07 Å². The quantitative estimate of drug-likeness (QED) is 0.903. The molecule has 1 aliphatic rings. The van der Waals surface area contributed by atoms with Gasteiger partial charge in [-0.2, -0.15) is 0 Å². The summed E-state index contributed by atoms with van der Waals surface area (Å²) in [5, 5.41) is 2.89. The lowest BCUT2D eigenvalue weighted by Crippen LogP contribution is -2.50. The molecule has 2 rings (SSSR count). The summed E-state index contributed by atoms with van der Waals surface area (Å²) in [5.74, 6) is 0.347. The molecule has 5 nitrogen and oxygen atoms in total. The fourth-order valence-electron chi connectivity index (χ4n) is 2.26. The Morgan fingerprint density at radius 2 is 2.10 bits per heavy atom. The van der Waals surface area contributed by atoms with Crippen molar-refractivity contribution in [1.82, 2.24) is 5.32 Å². The number of carbonyl (C=O) groups excluding carboxylic acids is 2. The molecule has 0 saturated carbocycles. The number of anilines is 1. The summed E-state index contributed by atoms with van der Waals surface area (Å²) in [4.78, 5) is 26.0. The number of para-hydroxylation sites is 2. The van der Waals surface area contributed by atoms with Crippen molar-refractivity contribution in [2.75, 3.05) is 11.4 Å². The third-order valence-corrected chi connectivity index (χ3v) is 3.66. The fraction of sp³-hybridized carbons (Fsp3) is 0.500. The molecule has 1 heterocycles.